The van der Waals surface area contributed by atoms with Crippen molar-refractivity contribution in [1.29, 1.82) is 0 Å². The molecule has 0 spiro atoms. The lowest BCUT2D eigenvalue weighted by Gasteiger charge is -2.22. The molecule has 2 atom stereocenters. The molecule has 0 unspecified atom stereocenters. The zero-order valence-corrected chi connectivity index (χ0v) is 27.7. The largest absolute Gasteiger partial charge is 0.481 e. The third kappa shape index (κ3) is 14.0. The first kappa shape index (κ1) is 36.6. The number of hydroxylamine groups is 1. The Morgan fingerprint density at radius 2 is 1.20 bits per heavy atom. The van der Waals surface area contributed by atoms with Gasteiger partial charge in [0.1, 0.15) is 0 Å². The first-order valence-corrected chi connectivity index (χ1v) is 17.7. The van der Waals surface area contributed by atoms with Crippen LogP contribution in [0.1, 0.15) is 178 Å². The minimum absolute atomic E-state index is 0.0818. The van der Waals surface area contributed by atoms with Crippen LogP contribution in [0.3, 0.4) is 0 Å². The summed E-state index contributed by atoms with van der Waals surface area (Å²) < 4.78 is 10.6. The second-order valence-corrected chi connectivity index (χ2v) is 13.2. The van der Waals surface area contributed by atoms with E-state index in [1.54, 1.807) is 5.48 Å². The highest BCUT2D eigenvalue weighted by atomic mass is 16.5. The Bertz CT molecular complexity index is 1090. The molecule has 4 rings (SSSR count). The number of hydrogen-bond acceptors (Lipinski definition) is 9. The van der Waals surface area contributed by atoms with Gasteiger partial charge in [0, 0.05) is 31.1 Å². The fourth-order valence-corrected chi connectivity index (χ4v) is 6.88. The molecule has 1 amide bonds. The van der Waals surface area contributed by atoms with Gasteiger partial charge >= 0.3 is 5.97 Å². The SMILES string of the molecule is CCCc1noc([C@H](CCCC2CCCCC2)CC(=O)NO)n1.CCCc1noc([C@H](CCCC2CCCCC2)CC(=O)O)n1. The van der Waals surface area contributed by atoms with Gasteiger partial charge in [-0.05, 0) is 37.5 Å². The van der Waals surface area contributed by atoms with E-state index in [-0.39, 0.29) is 24.7 Å². The lowest BCUT2D eigenvalue weighted by Crippen LogP contribution is -2.21. The van der Waals surface area contributed by atoms with Crippen molar-refractivity contribution in [3.8, 4) is 0 Å². The number of carbonyl (C=O) groups is 2. The van der Waals surface area contributed by atoms with Crippen LogP contribution in [-0.2, 0) is 22.4 Å². The number of amides is 1. The molecule has 11 nitrogen and oxygen atoms in total. The van der Waals surface area contributed by atoms with Gasteiger partial charge in [-0.25, -0.2) is 5.48 Å². The second-order valence-electron chi connectivity index (χ2n) is 13.2. The minimum atomic E-state index is -0.794. The number of nitrogens with one attached hydrogen (secondary N) is 1. The zero-order valence-electron chi connectivity index (χ0n) is 27.7. The maximum absolute atomic E-state index is 11.5. The molecule has 3 N–H and O–H groups in total. The van der Waals surface area contributed by atoms with Crippen molar-refractivity contribution in [2.24, 2.45) is 11.8 Å². The maximum Gasteiger partial charge on any atom is 0.304 e. The van der Waals surface area contributed by atoms with Crippen LogP contribution in [-0.4, -0.2) is 42.5 Å². The summed E-state index contributed by atoms with van der Waals surface area (Å²) in [5.74, 6) is 2.65. The molecule has 11 heteroatoms. The fourth-order valence-electron chi connectivity index (χ4n) is 6.88. The molecular formula is C34H57N5O6. The number of carbonyl (C=O) groups excluding carboxylic acids is 1. The lowest BCUT2D eigenvalue weighted by molar-refractivity contribution is -0.137. The number of carboxylic acid groups (broad SMARTS) is 1. The first-order valence-electron chi connectivity index (χ1n) is 17.7. The van der Waals surface area contributed by atoms with Crippen molar-refractivity contribution in [2.75, 3.05) is 0 Å². The first-order chi connectivity index (χ1) is 21.9. The van der Waals surface area contributed by atoms with Crippen molar-refractivity contribution in [3.63, 3.8) is 0 Å². The van der Waals surface area contributed by atoms with Crippen LogP contribution in [0.4, 0.5) is 0 Å². The van der Waals surface area contributed by atoms with Gasteiger partial charge in [0.05, 0.1) is 6.42 Å². The molecule has 2 fully saturated rings. The molecule has 2 aromatic rings. The van der Waals surface area contributed by atoms with E-state index in [0.717, 1.165) is 63.2 Å². The number of nitrogens with zero attached hydrogens (tertiary/aromatic N) is 4. The molecular weight excluding hydrogens is 574 g/mol. The topological polar surface area (TPSA) is 164 Å². The Morgan fingerprint density at radius 3 is 1.60 bits per heavy atom. The second kappa shape index (κ2) is 21.1. The highest BCUT2D eigenvalue weighted by Crippen LogP contribution is 2.32. The Labute approximate surface area is 268 Å². The van der Waals surface area contributed by atoms with Crippen LogP contribution in [0.25, 0.3) is 0 Å². The number of carboxylic acids is 1. The highest BCUT2D eigenvalue weighted by Gasteiger charge is 2.24. The van der Waals surface area contributed by atoms with Gasteiger partial charge in [-0.1, -0.05) is 114 Å². The Kier molecular flexibility index (Phi) is 17.2. The summed E-state index contributed by atoms with van der Waals surface area (Å²) in [6, 6.07) is 0. The predicted octanol–water partition coefficient (Wildman–Crippen LogP) is 8.08. The average molecular weight is 632 g/mol. The molecule has 2 heterocycles. The van der Waals surface area contributed by atoms with E-state index in [2.05, 4.69) is 34.1 Å². The van der Waals surface area contributed by atoms with Crippen LogP contribution in [0.15, 0.2) is 9.05 Å². The minimum Gasteiger partial charge on any atom is -0.481 e. The Balaban J connectivity index is 0.000000246. The summed E-state index contributed by atoms with van der Waals surface area (Å²) in [4.78, 5) is 31.4. The quantitative estimate of drug-likeness (QED) is 0.108. The average Bonchev–Trinajstić information content (AvgIpc) is 3.72. The molecule has 0 bridgehead atoms. The molecule has 2 saturated carbocycles. The fraction of sp³-hybridized carbons (Fsp3) is 0.824. The van der Waals surface area contributed by atoms with Crippen molar-refractivity contribution in [3.05, 3.63) is 23.4 Å². The number of aromatic nitrogens is 4. The molecule has 0 aliphatic heterocycles. The summed E-state index contributed by atoms with van der Waals surface area (Å²) in [6.45, 7) is 4.13. The van der Waals surface area contributed by atoms with Gasteiger partial charge < -0.3 is 14.2 Å². The van der Waals surface area contributed by atoms with E-state index in [0.29, 0.717) is 23.4 Å². The third-order valence-electron chi connectivity index (χ3n) is 9.37. The van der Waals surface area contributed by atoms with Crippen LogP contribution in [0.5, 0.6) is 0 Å². The molecule has 2 aliphatic rings. The summed E-state index contributed by atoms with van der Waals surface area (Å²) >= 11 is 0. The zero-order chi connectivity index (χ0) is 32.3. The van der Waals surface area contributed by atoms with Gasteiger partial charge in [0.25, 0.3) is 0 Å². The number of aryl methyl sites for hydroxylation is 2. The summed E-state index contributed by atoms with van der Waals surface area (Å²) in [5, 5.41) is 25.8. The van der Waals surface area contributed by atoms with E-state index >= 15 is 0 Å². The van der Waals surface area contributed by atoms with Gasteiger partial charge in [0.2, 0.25) is 17.7 Å². The van der Waals surface area contributed by atoms with Crippen molar-refractivity contribution in [2.45, 2.75) is 167 Å². The smallest absolute Gasteiger partial charge is 0.304 e. The van der Waals surface area contributed by atoms with Crippen LogP contribution in [0, 0.1) is 11.8 Å². The summed E-state index contributed by atoms with van der Waals surface area (Å²) in [6.07, 6.45) is 23.5. The normalized spacial score (nSPS) is 17.3. The molecule has 254 valence electrons. The number of rotatable bonds is 18. The summed E-state index contributed by atoms with van der Waals surface area (Å²) in [7, 11) is 0. The summed E-state index contributed by atoms with van der Waals surface area (Å²) in [5.41, 5.74) is 1.71. The van der Waals surface area contributed by atoms with Crippen molar-refractivity contribution in [1.82, 2.24) is 25.8 Å². The third-order valence-corrected chi connectivity index (χ3v) is 9.37. The maximum atomic E-state index is 11.5. The van der Waals surface area contributed by atoms with Crippen LogP contribution < -0.4 is 5.48 Å². The predicted molar refractivity (Wildman–Crippen MR) is 170 cm³/mol. The van der Waals surface area contributed by atoms with Gasteiger partial charge in [0.15, 0.2) is 11.6 Å². The molecule has 0 radical (unpaired) electrons. The van der Waals surface area contributed by atoms with Crippen LogP contribution in [0.2, 0.25) is 0 Å². The van der Waals surface area contributed by atoms with E-state index in [1.807, 2.05) is 0 Å². The van der Waals surface area contributed by atoms with E-state index in [4.69, 9.17) is 19.4 Å². The number of hydrogen-bond donors (Lipinski definition) is 3. The number of aliphatic carboxylic acids is 1. The van der Waals surface area contributed by atoms with Crippen molar-refractivity contribution < 1.29 is 28.9 Å². The van der Waals surface area contributed by atoms with Gasteiger partial charge in [-0.2, -0.15) is 9.97 Å². The monoisotopic (exact) mass is 631 g/mol. The molecule has 2 aliphatic carbocycles. The Hall–Kier alpha value is -2.82. The lowest BCUT2D eigenvalue weighted by atomic mass is 9.84. The standard InChI is InChI=1S/C17H29N3O3.C17H28N2O3/c1-2-7-15-18-17(23-20-15)14(12-16(21)19-22)11-6-10-13-8-4-3-5-9-13;1-2-7-15-18-17(22-19-15)14(12-16(20)21)11-6-10-13-8-4-3-5-9-13/h13-14,22H,2-12H2,1H3,(H,19,21);13-14H,2-12H2,1H3,(H,20,21)/t2*14-/m11/s1. The van der Waals surface area contributed by atoms with E-state index in [9.17, 15) is 9.59 Å². The van der Waals surface area contributed by atoms with Gasteiger partial charge in [-0.3, -0.25) is 14.8 Å². The molecule has 45 heavy (non-hydrogen) atoms. The van der Waals surface area contributed by atoms with E-state index < -0.39 is 11.9 Å². The van der Waals surface area contributed by atoms with Gasteiger partial charge in [-0.15, -0.1) is 0 Å². The van der Waals surface area contributed by atoms with Crippen LogP contribution >= 0.6 is 0 Å². The van der Waals surface area contributed by atoms with E-state index in [1.165, 1.54) is 77.0 Å². The highest BCUT2D eigenvalue weighted by molar-refractivity contribution is 5.75. The molecule has 2 aromatic heterocycles. The molecule has 0 aromatic carbocycles. The molecule has 0 saturated heterocycles. The van der Waals surface area contributed by atoms with Crippen molar-refractivity contribution >= 4 is 11.9 Å². The Morgan fingerprint density at radius 1 is 0.756 bits per heavy atom.